The summed E-state index contributed by atoms with van der Waals surface area (Å²) in [5.74, 6) is -0.194. The van der Waals surface area contributed by atoms with Crippen molar-refractivity contribution in [3.8, 4) is 11.3 Å². The Hall–Kier alpha value is -3.00. The van der Waals surface area contributed by atoms with Crippen molar-refractivity contribution >= 4 is 39.2 Å². The number of benzene rings is 1. The molecule has 4 rings (SSSR count). The van der Waals surface area contributed by atoms with E-state index < -0.39 is 0 Å². The Balaban J connectivity index is 1.58. The molecule has 3 aromatic rings. The van der Waals surface area contributed by atoms with Crippen molar-refractivity contribution in [1.82, 2.24) is 5.16 Å². The smallest absolute Gasteiger partial charge is 0.243 e. The Kier molecular flexibility index (Phi) is 4.49. The van der Waals surface area contributed by atoms with E-state index in [0.717, 1.165) is 23.4 Å². The Bertz CT molecular complexity index is 971. The zero-order valence-corrected chi connectivity index (χ0v) is 15.5. The van der Waals surface area contributed by atoms with Crippen LogP contribution in [0.2, 0.25) is 0 Å². The van der Waals surface area contributed by atoms with Gasteiger partial charge in [-0.15, -0.1) is 11.3 Å². The summed E-state index contributed by atoms with van der Waals surface area (Å²) >= 11 is 1.27. The van der Waals surface area contributed by atoms with Gasteiger partial charge in [-0.05, 0) is 25.0 Å². The van der Waals surface area contributed by atoms with Crippen LogP contribution in [0.1, 0.15) is 41.1 Å². The number of thiophene rings is 1. The van der Waals surface area contributed by atoms with Crippen LogP contribution < -0.4 is 22.5 Å². The third kappa shape index (κ3) is 3.35. The van der Waals surface area contributed by atoms with Gasteiger partial charge in [0, 0.05) is 23.4 Å². The molecule has 2 heterocycles. The minimum atomic E-state index is -0.321. The van der Waals surface area contributed by atoms with Crippen molar-refractivity contribution < 1.29 is 9.32 Å². The summed E-state index contributed by atoms with van der Waals surface area (Å²) in [4.78, 5) is 13.2. The van der Waals surface area contributed by atoms with Gasteiger partial charge >= 0.3 is 0 Å². The van der Waals surface area contributed by atoms with Crippen LogP contribution in [-0.4, -0.2) is 17.0 Å². The number of carbonyl (C=O) groups is 1. The molecule has 7 nitrogen and oxygen atoms in total. The van der Waals surface area contributed by atoms with Crippen LogP contribution in [0.3, 0.4) is 0 Å². The Morgan fingerprint density at radius 2 is 1.81 bits per heavy atom. The van der Waals surface area contributed by atoms with E-state index in [0.29, 0.717) is 28.0 Å². The van der Waals surface area contributed by atoms with Crippen LogP contribution in [0, 0.1) is 0 Å². The van der Waals surface area contributed by atoms with Gasteiger partial charge in [-0.3, -0.25) is 4.79 Å². The number of rotatable bonds is 5. The lowest BCUT2D eigenvalue weighted by Gasteiger charge is -2.11. The van der Waals surface area contributed by atoms with E-state index in [1.165, 1.54) is 24.2 Å². The summed E-state index contributed by atoms with van der Waals surface area (Å²) in [6.45, 7) is 0. The number of carbonyl (C=O) groups excluding carboxylic acids is 1. The molecule has 0 saturated heterocycles. The predicted octanol–water partition coefficient (Wildman–Crippen LogP) is 3.74. The third-order valence-electron chi connectivity index (χ3n) is 4.82. The molecule has 0 atom stereocenters. The molecule has 1 saturated carbocycles. The number of hydrogen-bond donors (Lipinski definition) is 4. The van der Waals surface area contributed by atoms with Gasteiger partial charge in [0.2, 0.25) is 11.5 Å². The summed E-state index contributed by atoms with van der Waals surface area (Å²) in [6.07, 6.45) is 4.62. The van der Waals surface area contributed by atoms with E-state index in [-0.39, 0.29) is 17.2 Å². The highest BCUT2D eigenvalue weighted by Crippen LogP contribution is 2.41. The van der Waals surface area contributed by atoms with Gasteiger partial charge in [0.1, 0.15) is 15.6 Å². The second kappa shape index (κ2) is 6.96. The second-order valence-corrected chi connectivity index (χ2v) is 7.76. The van der Waals surface area contributed by atoms with E-state index >= 15 is 0 Å². The topological polar surface area (TPSA) is 133 Å². The molecule has 0 radical (unpaired) electrons. The molecule has 0 aliphatic heterocycles. The zero-order valence-electron chi connectivity index (χ0n) is 14.7. The molecule has 0 amide bonds. The average Bonchev–Trinajstić information content (AvgIpc) is 3.40. The van der Waals surface area contributed by atoms with Crippen LogP contribution >= 0.6 is 11.3 Å². The number of nitrogen functional groups attached to an aromatic ring is 3. The molecule has 7 N–H and O–H groups in total. The van der Waals surface area contributed by atoms with Crippen molar-refractivity contribution in [3.63, 3.8) is 0 Å². The molecule has 140 valence electrons. The summed E-state index contributed by atoms with van der Waals surface area (Å²) in [5.41, 5.74) is 20.7. The molecule has 1 aliphatic carbocycles. The van der Waals surface area contributed by atoms with Gasteiger partial charge in [-0.2, -0.15) is 0 Å². The summed E-state index contributed by atoms with van der Waals surface area (Å²) in [6, 6.07) is 9.17. The first kappa shape index (κ1) is 17.4. The van der Waals surface area contributed by atoms with Gasteiger partial charge in [0.25, 0.3) is 0 Å². The molecule has 1 aliphatic rings. The number of anilines is 4. The molecule has 2 aromatic heterocycles. The van der Waals surface area contributed by atoms with Gasteiger partial charge in [0.15, 0.2) is 0 Å². The Morgan fingerprint density at radius 1 is 1.11 bits per heavy atom. The first-order chi connectivity index (χ1) is 13.0. The fraction of sp³-hybridized carbons (Fsp3) is 0.263. The van der Waals surface area contributed by atoms with E-state index in [1.54, 1.807) is 18.2 Å². The maximum absolute atomic E-state index is 12.9. The zero-order chi connectivity index (χ0) is 19.0. The van der Waals surface area contributed by atoms with E-state index in [1.807, 2.05) is 12.1 Å². The van der Waals surface area contributed by atoms with Crippen molar-refractivity contribution in [2.75, 3.05) is 22.5 Å². The summed E-state index contributed by atoms with van der Waals surface area (Å²) in [5, 5.41) is 8.15. The fourth-order valence-electron chi connectivity index (χ4n) is 3.27. The van der Waals surface area contributed by atoms with Crippen molar-refractivity contribution in [2.24, 2.45) is 0 Å². The van der Waals surface area contributed by atoms with Crippen molar-refractivity contribution in [3.05, 3.63) is 41.0 Å². The highest BCUT2D eigenvalue weighted by atomic mass is 32.1. The fourth-order valence-corrected chi connectivity index (χ4v) is 4.33. The van der Waals surface area contributed by atoms with Crippen molar-refractivity contribution in [1.29, 1.82) is 0 Å². The molecular weight excluding hydrogens is 362 g/mol. The second-order valence-electron chi connectivity index (χ2n) is 6.74. The monoisotopic (exact) mass is 383 g/mol. The van der Waals surface area contributed by atoms with Gasteiger partial charge in [-0.25, -0.2) is 0 Å². The molecule has 1 aromatic carbocycles. The first-order valence-corrected chi connectivity index (χ1v) is 9.66. The molecule has 27 heavy (non-hydrogen) atoms. The van der Waals surface area contributed by atoms with E-state index in [4.69, 9.17) is 21.7 Å². The highest BCUT2D eigenvalue weighted by Gasteiger charge is 2.25. The molecule has 0 bridgehead atoms. The predicted molar refractivity (Wildman–Crippen MR) is 109 cm³/mol. The first-order valence-electron chi connectivity index (χ1n) is 8.84. The number of ketones is 1. The van der Waals surface area contributed by atoms with E-state index in [9.17, 15) is 4.79 Å². The maximum atomic E-state index is 12.9. The quantitative estimate of drug-likeness (QED) is 0.389. The lowest BCUT2D eigenvalue weighted by atomic mass is 10.1. The number of nitrogens with one attached hydrogen (secondary N) is 1. The number of aromatic nitrogens is 1. The molecular formula is C19H21N5O2S. The summed E-state index contributed by atoms with van der Waals surface area (Å²) < 4.78 is 5.26. The lowest BCUT2D eigenvalue weighted by Crippen LogP contribution is -2.14. The Labute approximate surface area is 160 Å². The minimum absolute atomic E-state index is 0.127. The maximum Gasteiger partial charge on any atom is 0.243 e. The van der Waals surface area contributed by atoms with Gasteiger partial charge < -0.3 is 27.0 Å². The SMILES string of the molecule is Nc1ccc(-c2cc(C(=O)c3sc(NC4CCCC4)c(N)c3N)on2)cc1. The molecule has 0 spiro atoms. The van der Waals surface area contributed by atoms with Crippen molar-refractivity contribution in [2.45, 2.75) is 31.7 Å². The Morgan fingerprint density at radius 3 is 2.52 bits per heavy atom. The average molecular weight is 383 g/mol. The van der Waals surface area contributed by atoms with Gasteiger partial charge in [-0.1, -0.05) is 30.1 Å². The number of hydrogen-bond acceptors (Lipinski definition) is 8. The lowest BCUT2D eigenvalue weighted by molar-refractivity contribution is 0.100. The van der Waals surface area contributed by atoms with E-state index in [2.05, 4.69) is 10.5 Å². The normalized spacial score (nSPS) is 14.5. The molecule has 0 unspecified atom stereocenters. The standard InChI is InChI=1S/C19H21N5O2S/c20-11-7-5-10(6-8-11)13-9-14(26-24-13)17(25)18-15(21)16(22)19(27-18)23-12-3-1-2-4-12/h5-9,12,23H,1-4,20-22H2. The van der Waals surface area contributed by atoms with Crippen LogP contribution in [0.15, 0.2) is 34.9 Å². The van der Waals surface area contributed by atoms with Crippen LogP contribution in [-0.2, 0) is 0 Å². The number of nitrogens with zero attached hydrogens (tertiary/aromatic N) is 1. The molecule has 1 fully saturated rings. The number of nitrogens with two attached hydrogens (primary N) is 3. The minimum Gasteiger partial charge on any atom is -0.399 e. The van der Waals surface area contributed by atoms with Gasteiger partial charge in [0.05, 0.1) is 11.4 Å². The third-order valence-corrected chi connectivity index (χ3v) is 5.97. The highest BCUT2D eigenvalue weighted by molar-refractivity contribution is 7.19. The molecule has 8 heteroatoms. The van der Waals surface area contributed by atoms with Crippen LogP contribution in [0.25, 0.3) is 11.3 Å². The largest absolute Gasteiger partial charge is 0.399 e. The van der Waals surface area contributed by atoms with Crippen LogP contribution in [0.5, 0.6) is 0 Å². The van der Waals surface area contributed by atoms with Crippen LogP contribution in [0.4, 0.5) is 22.1 Å². The summed E-state index contributed by atoms with van der Waals surface area (Å²) in [7, 11) is 0.